The van der Waals surface area contributed by atoms with Gasteiger partial charge in [-0.25, -0.2) is 4.79 Å². The predicted octanol–water partition coefficient (Wildman–Crippen LogP) is 4.66. The molecule has 2 heterocycles. The van der Waals surface area contributed by atoms with Crippen LogP contribution in [0.5, 0.6) is 0 Å². The molecule has 0 aliphatic carbocycles. The Balaban J connectivity index is 1.74. The summed E-state index contributed by atoms with van der Waals surface area (Å²) >= 11 is 1.70. The molecule has 2 N–H and O–H groups in total. The lowest BCUT2D eigenvalue weighted by molar-refractivity contribution is 0.0697. The zero-order valence-electron chi connectivity index (χ0n) is 12.0. The molecule has 5 heteroatoms. The Bertz CT molecular complexity index is 983. The Morgan fingerprint density at radius 2 is 1.91 bits per heavy atom. The average molecular weight is 320 g/mol. The van der Waals surface area contributed by atoms with Crippen LogP contribution in [0.1, 0.15) is 10.4 Å². The molecule has 0 atom stereocenters. The second kappa shape index (κ2) is 5.37. The van der Waals surface area contributed by atoms with Gasteiger partial charge in [0.05, 0.1) is 21.8 Å². The van der Waals surface area contributed by atoms with Crippen LogP contribution >= 0.6 is 11.3 Å². The van der Waals surface area contributed by atoms with E-state index < -0.39 is 5.97 Å². The second-order valence-electron chi connectivity index (χ2n) is 5.20. The van der Waals surface area contributed by atoms with E-state index in [-0.39, 0.29) is 5.56 Å². The van der Waals surface area contributed by atoms with Crippen molar-refractivity contribution in [1.29, 1.82) is 0 Å². The Labute approximate surface area is 136 Å². The number of nitrogens with zero attached hydrogens (tertiary/aromatic N) is 1. The van der Waals surface area contributed by atoms with Crippen molar-refractivity contribution in [2.45, 2.75) is 0 Å². The molecule has 0 aliphatic rings. The number of carboxylic acid groups (broad SMARTS) is 1. The third kappa shape index (κ3) is 2.51. The van der Waals surface area contributed by atoms with Gasteiger partial charge in [-0.1, -0.05) is 30.3 Å². The van der Waals surface area contributed by atoms with Gasteiger partial charge >= 0.3 is 5.97 Å². The summed E-state index contributed by atoms with van der Waals surface area (Å²) in [5, 5.41) is 17.7. The highest BCUT2D eigenvalue weighted by molar-refractivity contribution is 7.22. The van der Waals surface area contributed by atoms with Gasteiger partial charge in [0, 0.05) is 10.3 Å². The van der Waals surface area contributed by atoms with Crippen LogP contribution < -0.4 is 0 Å². The van der Waals surface area contributed by atoms with Crippen LogP contribution in [0.15, 0.2) is 60.7 Å². The number of benzene rings is 2. The molecule has 0 fully saturated rings. The van der Waals surface area contributed by atoms with Crippen molar-refractivity contribution >= 4 is 27.4 Å². The topological polar surface area (TPSA) is 66.0 Å². The first-order valence-corrected chi connectivity index (χ1v) is 7.90. The number of fused-ring (bicyclic) bond motifs is 1. The quantitative estimate of drug-likeness (QED) is 0.577. The summed E-state index contributed by atoms with van der Waals surface area (Å²) in [5.74, 6) is -0.938. The molecule has 0 amide bonds. The van der Waals surface area contributed by atoms with Crippen LogP contribution in [-0.4, -0.2) is 21.3 Å². The van der Waals surface area contributed by atoms with Crippen molar-refractivity contribution in [2.75, 3.05) is 0 Å². The minimum atomic E-state index is -0.938. The Morgan fingerprint density at radius 1 is 1.04 bits per heavy atom. The van der Waals surface area contributed by atoms with Crippen LogP contribution in [0.4, 0.5) is 0 Å². The number of carboxylic acids is 1. The maximum Gasteiger partial charge on any atom is 0.335 e. The number of carbonyl (C=O) groups is 1. The summed E-state index contributed by atoms with van der Waals surface area (Å²) in [6, 6.07) is 19.1. The largest absolute Gasteiger partial charge is 0.478 e. The third-order valence-electron chi connectivity index (χ3n) is 3.67. The molecule has 0 saturated carbocycles. The van der Waals surface area contributed by atoms with Crippen LogP contribution in [0, 0.1) is 0 Å². The van der Waals surface area contributed by atoms with E-state index in [0.717, 1.165) is 21.8 Å². The number of rotatable bonds is 3. The van der Waals surface area contributed by atoms with Crippen molar-refractivity contribution < 1.29 is 9.90 Å². The normalized spacial score (nSPS) is 11.0. The zero-order chi connectivity index (χ0) is 15.8. The molecule has 4 rings (SSSR count). The van der Waals surface area contributed by atoms with Crippen molar-refractivity contribution in [3.05, 3.63) is 66.2 Å². The van der Waals surface area contributed by atoms with Crippen molar-refractivity contribution in [2.24, 2.45) is 0 Å². The minimum Gasteiger partial charge on any atom is -0.478 e. The summed E-state index contributed by atoms with van der Waals surface area (Å²) < 4.78 is 1.23. The fourth-order valence-electron chi connectivity index (χ4n) is 2.52. The van der Waals surface area contributed by atoms with Gasteiger partial charge in [-0.2, -0.15) is 5.10 Å². The van der Waals surface area contributed by atoms with Gasteiger partial charge < -0.3 is 5.11 Å². The molecule has 112 valence electrons. The highest BCUT2D eigenvalue weighted by Gasteiger charge is 2.10. The van der Waals surface area contributed by atoms with Crippen LogP contribution in [0.3, 0.4) is 0 Å². The van der Waals surface area contributed by atoms with Gasteiger partial charge in [0.1, 0.15) is 0 Å². The molecule has 0 bridgehead atoms. The number of aromatic nitrogens is 2. The summed E-state index contributed by atoms with van der Waals surface area (Å²) in [7, 11) is 0. The fraction of sp³-hybridized carbons (Fsp3) is 0. The SMILES string of the molecule is O=C(O)c1cccc(-c2cc(-c3cc4ccccc4s3)[nH]n2)c1. The van der Waals surface area contributed by atoms with Crippen LogP contribution in [0.25, 0.3) is 31.9 Å². The molecule has 4 nitrogen and oxygen atoms in total. The zero-order valence-corrected chi connectivity index (χ0v) is 12.8. The van der Waals surface area contributed by atoms with E-state index in [4.69, 9.17) is 5.11 Å². The van der Waals surface area contributed by atoms with E-state index in [1.54, 1.807) is 29.5 Å². The highest BCUT2D eigenvalue weighted by Crippen LogP contribution is 2.33. The Kier molecular flexibility index (Phi) is 3.20. The van der Waals surface area contributed by atoms with Crippen LogP contribution in [-0.2, 0) is 0 Å². The maximum absolute atomic E-state index is 11.1. The number of thiophene rings is 1. The van der Waals surface area contributed by atoms with Crippen LogP contribution in [0.2, 0.25) is 0 Å². The van der Waals surface area contributed by atoms with E-state index in [2.05, 4.69) is 28.4 Å². The summed E-state index contributed by atoms with van der Waals surface area (Å²) in [5.41, 5.74) is 2.71. The standard InChI is InChI=1S/C18H12N2O2S/c21-18(22)13-6-3-5-11(8-13)14-10-15(20-19-14)17-9-12-4-1-2-7-16(12)23-17/h1-10H,(H,19,20)(H,21,22). The van der Waals surface area contributed by atoms with E-state index in [0.29, 0.717) is 0 Å². The Hall–Kier alpha value is -2.92. The molecule has 2 aromatic heterocycles. The van der Waals surface area contributed by atoms with Gasteiger partial charge in [-0.05, 0) is 35.7 Å². The molecular weight excluding hydrogens is 308 g/mol. The van der Waals surface area contributed by atoms with Crippen molar-refractivity contribution in [1.82, 2.24) is 10.2 Å². The van der Waals surface area contributed by atoms with Gasteiger partial charge in [-0.15, -0.1) is 11.3 Å². The number of aromatic carboxylic acids is 1. The number of nitrogens with one attached hydrogen (secondary N) is 1. The van der Waals surface area contributed by atoms with Gasteiger partial charge in [0.2, 0.25) is 0 Å². The van der Waals surface area contributed by atoms with Crippen molar-refractivity contribution in [3.63, 3.8) is 0 Å². The van der Waals surface area contributed by atoms with Crippen molar-refractivity contribution in [3.8, 4) is 21.8 Å². The first kappa shape index (κ1) is 13.7. The van der Waals surface area contributed by atoms with Gasteiger partial charge in [0.25, 0.3) is 0 Å². The third-order valence-corrected chi connectivity index (χ3v) is 4.82. The lowest BCUT2D eigenvalue weighted by Crippen LogP contribution is -1.95. The van der Waals surface area contributed by atoms with E-state index in [1.807, 2.05) is 24.3 Å². The lowest BCUT2D eigenvalue weighted by atomic mass is 10.1. The first-order chi connectivity index (χ1) is 11.2. The molecule has 4 aromatic rings. The smallest absolute Gasteiger partial charge is 0.335 e. The summed E-state index contributed by atoms with van der Waals surface area (Å²) in [6.45, 7) is 0. The molecule has 0 radical (unpaired) electrons. The molecule has 0 unspecified atom stereocenters. The second-order valence-corrected chi connectivity index (χ2v) is 6.29. The van der Waals surface area contributed by atoms with Gasteiger partial charge in [0.15, 0.2) is 0 Å². The number of H-pyrrole nitrogens is 1. The fourth-order valence-corrected chi connectivity index (χ4v) is 3.55. The first-order valence-electron chi connectivity index (χ1n) is 7.09. The molecular formula is C18H12N2O2S. The van der Waals surface area contributed by atoms with E-state index in [9.17, 15) is 4.79 Å². The van der Waals surface area contributed by atoms with E-state index in [1.165, 1.54) is 10.1 Å². The lowest BCUT2D eigenvalue weighted by Gasteiger charge is -1.98. The summed E-state index contributed by atoms with van der Waals surface area (Å²) in [4.78, 5) is 12.2. The molecule has 0 aliphatic heterocycles. The summed E-state index contributed by atoms with van der Waals surface area (Å²) in [6.07, 6.45) is 0. The Morgan fingerprint density at radius 3 is 2.74 bits per heavy atom. The minimum absolute atomic E-state index is 0.258. The average Bonchev–Trinajstić information content (AvgIpc) is 3.21. The highest BCUT2D eigenvalue weighted by atomic mass is 32.1. The number of aromatic amines is 1. The molecule has 0 saturated heterocycles. The number of hydrogen-bond donors (Lipinski definition) is 2. The predicted molar refractivity (Wildman–Crippen MR) is 91.8 cm³/mol. The van der Waals surface area contributed by atoms with E-state index >= 15 is 0 Å². The molecule has 0 spiro atoms. The number of hydrogen-bond acceptors (Lipinski definition) is 3. The maximum atomic E-state index is 11.1. The monoisotopic (exact) mass is 320 g/mol. The molecule has 23 heavy (non-hydrogen) atoms. The van der Waals surface area contributed by atoms with Gasteiger partial charge in [-0.3, -0.25) is 5.10 Å². The molecule has 2 aromatic carbocycles.